The van der Waals surface area contributed by atoms with Gasteiger partial charge in [-0.2, -0.15) is 0 Å². The summed E-state index contributed by atoms with van der Waals surface area (Å²) in [5.41, 5.74) is -0.926. The Hall–Kier alpha value is -2.55. The van der Waals surface area contributed by atoms with Gasteiger partial charge in [0.05, 0.1) is 61.8 Å². The molecule has 0 atom stereocenters. The van der Waals surface area contributed by atoms with Crippen LogP contribution in [0.25, 0.3) is 0 Å². The van der Waals surface area contributed by atoms with E-state index in [9.17, 15) is 25.0 Å². The summed E-state index contributed by atoms with van der Waals surface area (Å²) >= 11 is 0. The summed E-state index contributed by atoms with van der Waals surface area (Å²) in [7, 11) is 4.11. The van der Waals surface area contributed by atoms with Gasteiger partial charge < -0.3 is 9.38 Å². The van der Waals surface area contributed by atoms with Crippen LogP contribution in [0.15, 0.2) is 18.2 Å². The van der Waals surface area contributed by atoms with E-state index in [1.807, 2.05) is 0 Å². The molecule has 0 radical (unpaired) electrons. The van der Waals surface area contributed by atoms with Gasteiger partial charge in [-0.05, 0) is 0 Å². The molecule has 0 bridgehead atoms. The van der Waals surface area contributed by atoms with Crippen LogP contribution in [0.2, 0.25) is 0 Å². The summed E-state index contributed by atoms with van der Waals surface area (Å²) < 4.78 is 0.791. The molecule has 0 unspecified atom stereocenters. The highest BCUT2D eigenvalue weighted by Crippen LogP contribution is 2.24. The van der Waals surface area contributed by atoms with E-state index in [1.54, 1.807) is 4.90 Å². The second kappa shape index (κ2) is 5.68. The Balaban J connectivity index is 2.29. The highest BCUT2D eigenvalue weighted by molar-refractivity contribution is 5.95. The van der Waals surface area contributed by atoms with Crippen molar-refractivity contribution in [2.75, 3.05) is 40.3 Å². The van der Waals surface area contributed by atoms with Crippen LogP contribution in [0.5, 0.6) is 0 Å². The first-order chi connectivity index (χ1) is 10.2. The van der Waals surface area contributed by atoms with Crippen molar-refractivity contribution in [1.29, 1.82) is 0 Å². The molecule has 0 saturated carbocycles. The van der Waals surface area contributed by atoms with Gasteiger partial charge in [-0.25, -0.2) is 0 Å². The number of hydrogen-bond acceptors (Lipinski definition) is 5. The second-order valence-corrected chi connectivity index (χ2v) is 5.93. The van der Waals surface area contributed by atoms with Crippen molar-refractivity contribution >= 4 is 17.3 Å². The number of piperazine rings is 1. The Morgan fingerprint density at radius 2 is 1.50 bits per heavy atom. The number of nitro groups is 2. The van der Waals surface area contributed by atoms with Gasteiger partial charge >= 0.3 is 0 Å². The minimum Gasteiger partial charge on any atom is -0.327 e. The molecule has 1 amide bonds. The average Bonchev–Trinajstić information content (AvgIpc) is 2.46. The van der Waals surface area contributed by atoms with Crippen molar-refractivity contribution in [3.05, 3.63) is 44.0 Å². The highest BCUT2D eigenvalue weighted by Gasteiger charge is 2.29. The molecule has 0 aliphatic carbocycles. The summed E-state index contributed by atoms with van der Waals surface area (Å²) in [6.45, 7) is 2.57. The molecule has 1 aromatic carbocycles. The van der Waals surface area contributed by atoms with Crippen LogP contribution in [0, 0.1) is 20.2 Å². The second-order valence-electron chi connectivity index (χ2n) is 5.93. The van der Waals surface area contributed by atoms with E-state index in [1.165, 1.54) is 0 Å². The third-order valence-corrected chi connectivity index (χ3v) is 3.81. The minimum atomic E-state index is -0.736. The molecule has 0 aromatic heterocycles. The molecule has 0 spiro atoms. The summed E-state index contributed by atoms with van der Waals surface area (Å²) in [6.07, 6.45) is 0. The number of amides is 1. The first-order valence-corrected chi connectivity index (χ1v) is 6.75. The predicted molar refractivity (Wildman–Crippen MR) is 77.5 cm³/mol. The van der Waals surface area contributed by atoms with Crippen LogP contribution in [-0.2, 0) is 0 Å². The molecule has 9 heteroatoms. The molecule has 1 aliphatic rings. The molecular weight excluding hydrogens is 292 g/mol. The van der Waals surface area contributed by atoms with Crippen molar-refractivity contribution in [3.8, 4) is 0 Å². The molecule has 1 fully saturated rings. The fourth-order valence-electron chi connectivity index (χ4n) is 2.32. The van der Waals surface area contributed by atoms with Gasteiger partial charge in [0.1, 0.15) is 0 Å². The topological polar surface area (TPSA) is 107 Å². The van der Waals surface area contributed by atoms with Crippen LogP contribution in [0.1, 0.15) is 10.4 Å². The Morgan fingerprint density at radius 1 is 1.05 bits per heavy atom. The van der Waals surface area contributed by atoms with Crippen LogP contribution in [0.3, 0.4) is 0 Å². The normalized spacial score (nSPS) is 17.1. The fraction of sp³-hybridized carbons (Fsp3) is 0.462. The Morgan fingerprint density at radius 3 is 1.91 bits per heavy atom. The monoisotopic (exact) mass is 309 g/mol. The number of carbonyl (C=O) groups is 1. The molecule has 0 N–H and O–H groups in total. The quantitative estimate of drug-likeness (QED) is 0.471. The fourth-order valence-corrected chi connectivity index (χ4v) is 2.32. The molecule has 1 saturated heterocycles. The van der Waals surface area contributed by atoms with Crippen molar-refractivity contribution in [2.24, 2.45) is 0 Å². The third kappa shape index (κ3) is 3.37. The van der Waals surface area contributed by atoms with Crippen molar-refractivity contribution in [3.63, 3.8) is 0 Å². The number of quaternary nitrogens is 1. The summed E-state index contributed by atoms with van der Waals surface area (Å²) in [5, 5.41) is 21.7. The van der Waals surface area contributed by atoms with Gasteiger partial charge in [0.15, 0.2) is 0 Å². The molecule has 118 valence electrons. The molecule has 1 aromatic rings. The van der Waals surface area contributed by atoms with E-state index < -0.39 is 27.1 Å². The first kappa shape index (κ1) is 15.8. The number of non-ortho nitro benzene ring substituents is 2. The van der Waals surface area contributed by atoms with Crippen molar-refractivity contribution in [1.82, 2.24) is 4.90 Å². The number of nitrogens with zero attached hydrogens (tertiary/aromatic N) is 4. The van der Waals surface area contributed by atoms with Crippen molar-refractivity contribution < 1.29 is 19.1 Å². The highest BCUT2D eigenvalue weighted by atomic mass is 16.6. The lowest BCUT2D eigenvalue weighted by Crippen LogP contribution is -2.56. The van der Waals surface area contributed by atoms with Crippen LogP contribution in [-0.4, -0.2) is 65.4 Å². The first-order valence-electron chi connectivity index (χ1n) is 6.75. The minimum absolute atomic E-state index is 0.0203. The lowest BCUT2D eigenvalue weighted by atomic mass is 10.1. The maximum Gasteiger partial charge on any atom is 0.277 e. The molecule has 1 aliphatic heterocycles. The average molecular weight is 309 g/mol. The smallest absolute Gasteiger partial charge is 0.277 e. The molecule has 2 rings (SSSR count). The van der Waals surface area contributed by atoms with Crippen molar-refractivity contribution in [2.45, 2.75) is 0 Å². The number of carbonyl (C=O) groups excluding carboxylic acids is 1. The van der Waals surface area contributed by atoms with Gasteiger partial charge in [-0.1, -0.05) is 0 Å². The number of benzene rings is 1. The SMILES string of the molecule is C[N+]1(C)CCN(C(=O)c2cc([N+](=O)[O-])cc([N+](=O)[O-])c2)CC1. The van der Waals surface area contributed by atoms with Gasteiger partial charge in [-0.3, -0.25) is 25.0 Å². The third-order valence-electron chi connectivity index (χ3n) is 3.81. The van der Waals surface area contributed by atoms with Crippen LogP contribution in [0.4, 0.5) is 11.4 Å². The lowest BCUT2D eigenvalue weighted by Gasteiger charge is -2.39. The maximum atomic E-state index is 12.4. The van der Waals surface area contributed by atoms with E-state index in [-0.39, 0.29) is 5.56 Å². The predicted octanol–water partition coefficient (Wildman–Crippen LogP) is 1.04. The number of rotatable bonds is 3. The number of hydrogen-bond donors (Lipinski definition) is 0. The molecule has 9 nitrogen and oxygen atoms in total. The summed E-state index contributed by atoms with van der Waals surface area (Å²) in [6, 6.07) is 3.03. The lowest BCUT2D eigenvalue weighted by molar-refractivity contribution is -0.894. The molecule has 1 heterocycles. The van der Waals surface area contributed by atoms with Gasteiger partial charge in [0.2, 0.25) is 0 Å². The zero-order chi connectivity index (χ0) is 16.5. The zero-order valence-electron chi connectivity index (χ0n) is 12.4. The van der Waals surface area contributed by atoms with E-state index in [2.05, 4.69) is 14.1 Å². The zero-order valence-corrected chi connectivity index (χ0v) is 12.4. The summed E-state index contributed by atoms with van der Waals surface area (Å²) in [5.74, 6) is -0.411. The van der Waals surface area contributed by atoms with Crippen LogP contribution < -0.4 is 0 Å². The Kier molecular flexibility index (Phi) is 4.09. The van der Waals surface area contributed by atoms with Gasteiger partial charge in [0, 0.05) is 12.1 Å². The van der Waals surface area contributed by atoms with E-state index >= 15 is 0 Å². The largest absolute Gasteiger partial charge is 0.327 e. The summed E-state index contributed by atoms with van der Waals surface area (Å²) in [4.78, 5) is 34.3. The van der Waals surface area contributed by atoms with Gasteiger partial charge in [-0.15, -0.1) is 0 Å². The van der Waals surface area contributed by atoms with E-state index in [0.29, 0.717) is 13.1 Å². The van der Waals surface area contributed by atoms with E-state index in [0.717, 1.165) is 35.8 Å². The van der Waals surface area contributed by atoms with Crippen LogP contribution >= 0.6 is 0 Å². The number of likely N-dealkylation sites (N-methyl/N-ethyl adjacent to an activating group) is 1. The molecule has 22 heavy (non-hydrogen) atoms. The van der Waals surface area contributed by atoms with E-state index in [4.69, 9.17) is 0 Å². The molecular formula is C13H17N4O5+. The standard InChI is InChI=1S/C13H17N4O5/c1-17(2)5-3-14(4-6-17)13(18)10-7-11(15(19)20)9-12(8-10)16(21)22/h7-9H,3-6H2,1-2H3/q+1. The maximum absolute atomic E-state index is 12.4. The Labute approximate surface area is 126 Å². The Bertz CT molecular complexity index is 601. The van der Waals surface area contributed by atoms with Gasteiger partial charge in [0.25, 0.3) is 17.3 Å². The number of nitro benzene ring substituents is 2.